The predicted octanol–water partition coefficient (Wildman–Crippen LogP) is 4.51. The van der Waals surface area contributed by atoms with Crippen LogP contribution >= 0.6 is 11.6 Å². The molecule has 0 aliphatic heterocycles. The Labute approximate surface area is 156 Å². The SMILES string of the molecule is Cc1ccccc1-c1cc2c(N(C)C)nc(-n3cccn3)nc2cc1Cl. The molecule has 130 valence electrons. The van der Waals surface area contributed by atoms with Gasteiger partial charge in [-0.25, -0.2) is 9.67 Å². The van der Waals surface area contributed by atoms with E-state index in [0.717, 1.165) is 27.8 Å². The summed E-state index contributed by atoms with van der Waals surface area (Å²) in [5.41, 5.74) is 4.06. The second-order valence-corrected chi connectivity index (χ2v) is 6.76. The van der Waals surface area contributed by atoms with Crippen molar-refractivity contribution in [2.45, 2.75) is 6.92 Å². The van der Waals surface area contributed by atoms with Gasteiger partial charge in [-0.3, -0.25) is 0 Å². The quantitative estimate of drug-likeness (QED) is 0.537. The number of hydrogen-bond donors (Lipinski definition) is 0. The molecule has 0 bridgehead atoms. The third kappa shape index (κ3) is 2.80. The Morgan fingerprint density at radius 1 is 1.00 bits per heavy atom. The van der Waals surface area contributed by atoms with Crippen LogP contribution in [0.15, 0.2) is 54.9 Å². The molecule has 2 aromatic heterocycles. The number of benzene rings is 2. The van der Waals surface area contributed by atoms with Gasteiger partial charge in [-0.1, -0.05) is 35.9 Å². The number of aryl methyl sites for hydroxylation is 1. The first-order valence-corrected chi connectivity index (χ1v) is 8.67. The van der Waals surface area contributed by atoms with Crippen LogP contribution in [0.5, 0.6) is 0 Å². The van der Waals surface area contributed by atoms with E-state index < -0.39 is 0 Å². The molecule has 0 saturated carbocycles. The molecule has 4 rings (SSSR count). The largest absolute Gasteiger partial charge is 0.362 e. The maximum Gasteiger partial charge on any atom is 0.253 e. The topological polar surface area (TPSA) is 46.8 Å². The lowest BCUT2D eigenvalue weighted by atomic mass is 9.99. The minimum absolute atomic E-state index is 0.519. The highest BCUT2D eigenvalue weighted by molar-refractivity contribution is 6.34. The maximum absolute atomic E-state index is 6.62. The highest BCUT2D eigenvalue weighted by atomic mass is 35.5. The summed E-state index contributed by atoms with van der Waals surface area (Å²) in [4.78, 5) is 11.3. The lowest BCUT2D eigenvalue weighted by Gasteiger charge is -2.17. The van der Waals surface area contributed by atoms with Gasteiger partial charge in [0.2, 0.25) is 0 Å². The zero-order valence-electron chi connectivity index (χ0n) is 14.8. The molecule has 0 fully saturated rings. The third-order valence-corrected chi connectivity index (χ3v) is 4.63. The van der Waals surface area contributed by atoms with Crippen molar-refractivity contribution in [3.05, 3.63) is 65.4 Å². The molecule has 2 aromatic carbocycles. The van der Waals surface area contributed by atoms with Crippen molar-refractivity contribution >= 4 is 28.3 Å². The summed E-state index contributed by atoms with van der Waals surface area (Å²) in [5.74, 6) is 1.35. The minimum Gasteiger partial charge on any atom is -0.362 e. The summed E-state index contributed by atoms with van der Waals surface area (Å²) in [6.45, 7) is 2.08. The summed E-state index contributed by atoms with van der Waals surface area (Å²) < 4.78 is 1.65. The van der Waals surface area contributed by atoms with Gasteiger partial charge < -0.3 is 4.90 Å². The lowest BCUT2D eigenvalue weighted by molar-refractivity contribution is 0.812. The lowest BCUT2D eigenvalue weighted by Crippen LogP contribution is -2.14. The molecule has 6 heteroatoms. The average molecular weight is 364 g/mol. The summed E-state index contributed by atoms with van der Waals surface area (Å²) in [6, 6.07) is 14.0. The molecule has 5 nitrogen and oxygen atoms in total. The fourth-order valence-electron chi connectivity index (χ4n) is 3.03. The molecule has 0 aliphatic rings. The summed E-state index contributed by atoms with van der Waals surface area (Å²) in [7, 11) is 3.94. The number of anilines is 1. The van der Waals surface area contributed by atoms with Crippen molar-refractivity contribution in [2.24, 2.45) is 0 Å². The van der Waals surface area contributed by atoms with Crippen LogP contribution in [0.3, 0.4) is 0 Å². The molecular weight excluding hydrogens is 346 g/mol. The summed E-state index contributed by atoms with van der Waals surface area (Å²) in [6.07, 6.45) is 3.53. The number of hydrogen-bond acceptors (Lipinski definition) is 4. The first-order valence-electron chi connectivity index (χ1n) is 8.29. The molecule has 0 amide bonds. The first kappa shape index (κ1) is 16.5. The summed E-state index contributed by atoms with van der Waals surface area (Å²) in [5, 5.41) is 5.85. The van der Waals surface area contributed by atoms with Gasteiger partial charge >= 0.3 is 0 Å². The number of halogens is 1. The van der Waals surface area contributed by atoms with Gasteiger partial charge in [0.1, 0.15) is 5.82 Å². The number of fused-ring (bicyclic) bond motifs is 1. The molecule has 0 atom stereocenters. The normalized spacial score (nSPS) is 11.1. The van der Waals surface area contributed by atoms with Gasteiger partial charge in [-0.05, 0) is 36.2 Å². The smallest absolute Gasteiger partial charge is 0.253 e. The molecule has 0 aliphatic carbocycles. The monoisotopic (exact) mass is 363 g/mol. The average Bonchev–Trinajstić information content (AvgIpc) is 3.15. The van der Waals surface area contributed by atoms with Gasteiger partial charge in [-0.15, -0.1) is 0 Å². The Balaban J connectivity index is 2.00. The van der Waals surface area contributed by atoms with E-state index in [1.54, 1.807) is 10.9 Å². The van der Waals surface area contributed by atoms with Crippen LogP contribution in [0.2, 0.25) is 5.02 Å². The van der Waals surface area contributed by atoms with Crippen molar-refractivity contribution in [2.75, 3.05) is 19.0 Å². The van der Waals surface area contributed by atoms with Gasteiger partial charge in [0.05, 0.1) is 10.5 Å². The number of nitrogens with zero attached hydrogens (tertiary/aromatic N) is 5. The van der Waals surface area contributed by atoms with E-state index in [-0.39, 0.29) is 0 Å². The van der Waals surface area contributed by atoms with Crippen LogP contribution in [0.1, 0.15) is 5.56 Å². The molecule has 0 saturated heterocycles. The van der Waals surface area contributed by atoms with Gasteiger partial charge in [0.25, 0.3) is 5.95 Å². The van der Waals surface area contributed by atoms with E-state index >= 15 is 0 Å². The third-order valence-electron chi connectivity index (χ3n) is 4.32. The van der Waals surface area contributed by atoms with E-state index in [9.17, 15) is 0 Å². The van der Waals surface area contributed by atoms with Crippen LogP contribution in [0.25, 0.3) is 28.0 Å². The fraction of sp³-hybridized carbons (Fsp3) is 0.150. The van der Waals surface area contributed by atoms with Crippen LogP contribution in [-0.4, -0.2) is 33.8 Å². The van der Waals surface area contributed by atoms with Crippen molar-refractivity contribution in [1.82, 2.24) is 19.7 Å². The molecule has 0 N–H and O–H groups in total. The van der Waals surface area contributed by atoms with Crippen LogP contribution in [-0.2, 0) is 0 Å². The van der Waals surface area contributed by atoms with Crippen molar-refractivity contribution in [3.8, 4) is 17.1 Å². The Morgan fingerprint density at radius 2 is 1.81 bits per heavy atom. The second-order valence-electron chi connectivity index (χ2n) is 6.36. The molecule has 0 spiro atoms. The highest BCUT2D eigenvalue weighted by Gasteiger charge is 2.15. The van der Waals surface area contributed by atoms with Crippen LogP contribution < -0.4 is 4.90 Å². The number of aromatic nitrogens is 4. The Hall–Kier alpha value is -2.92. The van der Waals surface area contributed by atoms with E-state index in [1.165, 1.54) is 5.56 Å². The molecule has 0 unspecified atom stereocenters. The van der Waals surface area contributed by atoms with E-state index in [4.69, 9.17) is 16.6 Å². The molecular formula is C20H18ClN5. The van der Waals surface area contributed by atoms with Crippen molar-refractivity contribution in [1.29, 1.82) is 0 Å². The zero-order valence-corrected chi connectivity index (χ0v) is 15.6. The zero-order chi connectivity index (χ0) is 18.3. The van der Waals surface area contributed by atoms with Crippen LogP contribution in [0.4, 0.5) is 5.82 Å². The summed E-state index contributed by atoms with van der Waals surface area (Å²) >= 11 is 6.62. The van der Waals surface area contributed by atoms with Gasteiger partial charge in [-0.2, -0.15) is 10.1 Å². The van der Waals surface area contributed by atoms with Crippen molar-refractivity contribution < 1.29 is 0 Å². The van der Waals surface area contributed by atoms with Crippen LogP contribution in [0, 0.1) is 6.92 Å². The number of rotatable bonds is 3. The first-order chi connectivity index (χ1) is 12.5. The molecule has 2 heterocycles. The fourth-order valence-corrected chi connectivity index (χ4v) is 3.29. The van der Waals surface area contributed by atoms with Gasteiger partial charge in [0.15, 0.2) is 0 Å². The van der Waals surface area contributed by atoms with Gasteiger partial charge in [0, 0.05) is 37.4 Å². The maximum atomic E-state index is 6.62. The standard InChI is InChI=1S/C20H18ClN5/c1-13-7-4-5-8-14(13)15-11-16-18(12-17(15)21)23-20(24-19(16)25(2)3)26-10-6-9-22-26/h4-12H,1-3H3. The van der Waals surface area contributed by atoms with Crippen molar-refractivity contribution in [3.63, 3.8) is 0 Å². The highest BCUT2D eigenvalue weighted by Crippen LogP contribution is 2.36. The molecule has 26 heavy (non-hydrogen) atoms. The molecule has 0 radical (unpaired) electrons. The van der Waals surface area contributed by atoms with E-state index in [2.05, 4.69) is 35.2 Å². The van der Waals surface area contributed by atoms with E-state index in [0.29, 0.717) is 11.0 Å². The minimum atomic E-state index is 0.519. The Bertz CT molecular complexity index is 1090. The second kappa shape index (κ2) is 6.42. The Morgan fingerprint density at radius 3 is 2.50 bits per heavy atom. The molecule has 4 aromatic rings. The Kier molecular flexibility index (Phi) is 4.09. The predicted molar refractivity (Wildman–Crippen MR) is 106 cm³/mol. The van der Waals surface area contributed by atoms with E-state index in [1.807, 2.05) is 49.5 Å².